The van der Waals surface area contributed by atoms with E-state index in [0.29, 0.717) is 6.04 Å². The largest absolute Gasteiger partial charge is 0.310 e. The molecule has 0 spiro atoms. The third kappa shape index (κ3) is 2.65. The lowest BCUT2D eigenvalue weighted by Crippen LogP contribution is -2.29. The SMILES string of the molecule is CCCC1NCC(C)CCc2ccccc21. The molecule has 0 amide bonds. The maximum Gasteiger partial charge on any atom is 0.0322 e. The van der Waals surface area contributed by atoms with Gasteiger partial charge in [-0.25, -0.2) is 0 Å². The molecule has 0 saturated heterocycles. The van der Waals surface area contributed by atoms with Crippen LogP contribution in [0.3, 0.4) is 0 Å². The van der Waals surface area contributed by atoms with E-state index >= 15 is 0 Å². The monoisotopic (exact) mass is 217 g/mol. The van der Waals surface area contributed by atoms with Gasteiger partial charge in [0.25, 0.3) is 0 Å². The van der Waals surface area contributed by atoms with E-state index in [4.69, 9.17) is 0 Å². The summed E-state index contributed by atoms with van der Waals surface area (Å²) in [5, 5.41) is 3.73. The van der Waals surface area contributed by atoms with E-state index in [1.807, 2.05) is 0 Å². The quantitative estimate of drug-likeness (QED) is 0.796. The van der Waals surface area contributed by atoms with E-state index < -0.39 is 0 Å². The minimum atomic E-state index is 0.573. The molecule has 1 aromatic carbocycles. The highest BCUT2D eigenvalue weighted by atomic mass is 14.9. The van der Waals surface area contributed by atoms with E-state index in [9.17, 15) is 0 Å². The van der Waals surface area contributed by atoms with Crippen molar-refractivity contribution < 1.29 is 0 Å². The highest BCUT2D eigenvalue weighted by Crippen LogP contribution is 2.26. The van der Waals surface area contributed by atoms with Gasteiger partial charge >= 0.3 is 0 Å². The maximum absolute atomic E-state index is 3.73. The Kier molecular flexibility index (Phi) is 4.00. The molecule has 0 bridgehead atoms. The smallest absolute Gasteiger partial charge is 0.0322 e. The standard InChI is InChI=1S/C15H23N/c1-3-6-15-14-8-5-4-7-13(14)10-9-12(2)11-16-15/h4-5,7-8,12,15-16H,3,6,9-11H2,1-2H3. The Labute approximate surface area is 99.3 Å². The number of fused-ring (bicyclic) bond motifs is 1. The summed E-state index contributed by atoms with van der Waals surface area (Å²) in [6.07, 6.45) is 5.06. The first-order valence-corrected chi connectivity index (χ1v) is 6.62. The molecule has 2 rings (SSSR count). The van der Waals surface area contributed by atoms with Crippen LogP contribution in [0.5, 0.6) is 0 Å². The Morgan fingerprint density at radius 2 is 2.12 bits per heavy atom. The van der Waals surface area contributed by atoms with Crippen LogP contribution in [0.15, 0.2) is 24.3 Å². The van der Waals surface area contributed by atoms with Crippen LogP contribution in [-0.4, -0.2) is 6.54 Å². The summed E-state index contributed by atoms with van der Waals surface area (Å²) in [4.78, 5) is 0. The van der Waals surface area contributed by atoms with E-state index in [1.54, 1.807) is 5.56 Å². The van der Waals surface area contributed by atoms with Crippen LogP contribution in [0.2, 0.25) is 0 Å². The highest BCUT2D eigenvalue weighted by Gasteiger charge is 2.18. The van der Waals surface area contributed by atoms with Gasteiger partial charge in [0.05, 0.1) is 0 Å². The molecule has 1 aromatic rings. The Bertz CT molecular complexity index is 332. The van der Waals surface area contributed by atoms with Crippen molar-refractivity contribution in [3.05, 3.63) is 35.4 Å². The Hall–Kier alpha value is -0.820. The van der Waals surface area contributed by atoms with Crippen LogP contribution in [0, 0.1) is 5.92 Å². The molecule has 1 N–H and O–H groups in total. The summed E-state index contributed by atoms with van der Waals surface area (Å²) < 4.78 is 0. The van der Waals surface area contributed by atoms with Crippen molar-refractivity contribution in [1.82, 2.24) is 5.32 Å². The zero-order valence-corrected chi connectivity index (χ0v) is 10.5. The molecule has 0 saturated carbocycles. The first-order valence-electron chi connectivity index (χ1n) is 6.62. The fourth-order valence-electron chi connectivity index (χ4n) is 2.61. The molecule has 0 aromatic heterocycles. The van der Waals surface area contributed by atoms with Gasteiger partial charge in [0.1, 0.15) is 0 Å². The molecule has 1 aliphatic heterocycles. The lowest BCUT2D eigenvalue weighted by Gasteiger charge is -2.27. The van der Waals surface area contributed by atoms with Gasteiger partial charge in [0.2, 0.25) is 0 Å². The van der Waals surface area contributed by atoms with Crippen LogP contribution in [0.1, 0.15) is 50.3 Å². The molecule has 1 aliphatic rings. The van der Waals surface area contributed by atoms with Gasteiger partial charge in [-0.05, 0) is 42.9 Å². The zero-order chi connectivity index (χ0) is 11.4. The normalized spacial score (nSPS) is 25.6. The Morgan fingerprint density at radius 1 is 1.31 bits per heavy atom. The molecule has 0 radical (unpaired) electrons. The molecule has 1 heterocycles. The van der Waals surface area contributed by atoms with Gasteiger partial charge in [0, 0.05) is 6.04 Å². The van der Waals surface area contributed by atoms with Crippen molar-refractivity contribution in [1.29, 1.82) is 0 Å². The molecule has 0 aliphatic carbocycles. The van der Waals surface area contributed by atoms with Crippen LogP contribution >= 0.6 is 0 Å². The molecular formula is C15H23N. The lowest BCUT2D eigenvalue weighted by atomic mass is 9.89. The van der Waals surface area contributed by atoms with Gasteiger partial charge in [-0.2, -0.15) is 0 Å². The number of aryl methyl sites for hydroxylation is 1. The molecular weight excluding hydrogens is 194 g/mol. The Balaban J connectivity index is 2.25. The van der Waals surface area contributed by atoms with E-state index in [0.717, 1.165) is 5.92 Å². The second-order valence-electron chi connectivity index (χ2n) is 5.09. The third-order valence-corrected chi connectivity index (χ3v) is 3.63. The van der Waals surface area contributed by atoms with Crippen LogP contribution in [-0.2, 0) is 6.42 Å². The summed E-state index contributed by atoms with van der Waals surface area (Å²) in [5.41, 5.74) is 3.09. The van der Waals surface area contributed by atoms with Crippen molar-refractivity contribution >= 4 is 0 Å². The van der Waals surface area contributed by atoms with E-state index in [-0.39, 0.29) is 0 Å². The fraction of sp³-hybridized carbons (Fsp3) is 0.600. The summed E-state index contributed by atoms with van der Waals surface area (Å²) in [6, 6.07) is 9.53. The topological polar surface area (TPSA) is 12.0 Å². The van der Waals surface area contributed by atoms with Crippen molar-refractivity contribution in [2.45, 2.75) is 45.6 Å². The predicted octanol–water partition coefficient (Wildman–Crippen LogP) is 3.70. The second-order valence-corrected chi connectivity index (χ2v) is 5.09. The average molecular weight is 217 g/mol. The fourth-order valence-corrected chi connectivity index (χ4v) is 2.61. The van der Waals surface area contributed by atoms with Crippen molar-refractivity contribution in [2.75, 3.05) is 6.54 Å². The summed E-state index contributed by atoms with van der Waals surface area (Å²) in [6.45, 7) is 5.79. The average Bonchev–Trinajstić information content (AvgIpc) is 2.30. The Morgan fingerprint density at radius 3 is 2.94 bits per heavy atom. The minimum absolute atomic E-state index is 0.573. The number of hydrogen-bond donors (Lipinski definition) is 1. The first kappa shape index (κ1) is 11.7. The molecule has 0 fully saturated rings. The van der Waals surface area contributed by atoms with Crippen molar-refractivity contribution in [3.63, 3.8) is 0 Å². The zero-order valence-electron chi connectivity index (χ0n) is 10.5. The van der Waals surface area contributed by atoms with Gasteiger partial charge in [-0.15, -0.1) is 0 Å². The van der Waals surface area contributed by atoms with Gasteiger partial charge < -0.3 is 5.32 Å². The molecule has 2 atom stereocenters. The van der Waals surface area contributed by atoms with E-state index in [1.165, 1.54) is 37.8 Å². The molecule has 88 valence electrons. The first-order chi connectivity index (χ1) is 7.81. The van der Waals surface area contributed by atoms with Gasteiger partial charge in [-0.1, -0.05) is 44.5 Å². The minimum Gasteiger partial charge on any atom is -0.310 e. The molecule has 16 heavy (non-hydrogen) atoms. The summed E-state index contributed by atoms with van der Waals surface area (Å²) in [7, 11) is 0. The van der Waals surface area contributed by atoms with Crippen LogP contribution in [0.4, 0.5) is 0 Å². The number of hydrogen-bond acceptors (Lipinski definition) is 1. The summed E-state index contributed by atoms with van der Waals surface area (Å²) in [5.74, 6) is 0.799. The number of rotatable bonds is 2. The number of benzene rings is 1. The lowest BCUT2D eigenvalue weighted by molar-refractivity contribution is 0.401. The third-order valence-electron chi connectivity index (χ3n) is 3.63. The highest BCUT2D eigenvalue weighted by molar-refractivity contribution is 5.30. The van der Waals surface area contributed by atoms with E-state index in [2.05, 4.69) is 43.4 Å². The van der Waals surface area contributed by atoms with Crippen molar-refractivity contribution in [2.24, 2.45) is 5.92 Å². The van der Waals surface area contributed by atoms with Crippen LogP contribution in [0.25, 0.3) is 0 Å². The van der Waals surface area contributed by atoms with Crippen LogP contribution < -0.4 is 5.32 Å². The van der Waals surface area contributed by atoms with Gasteiger partial charge in [0.15, 0.2) is 0 Å². The van der Waals surface area contributed by atoms with Crippen molar-refractivity contribution in [3.8, 4) is 0 Å². The van der Waals surface area contributed by atoms with Gasteiger partial charge in [-0.3, -0.25) is 0 Å². The number of nitrogens with one attached hydrogen (secondary N) is 1. The maximum atomic E-state index is 3.73. The summed E-state index contributed by atoms with van der Waals surface area (Å²) >= 11 is 0. The predicted molar refractivity (Wildman–Crippen MR) is 69.6 cm³/mol. The molecule has 2 unspecified atom stereocenters. The molecule has 1 nitrogen and oxygen atoms in total. The second kappa shape index (κ2) is 5.49. The molecule has 1 heteroatoms.